The van der Waals surface area contributed by atoms with Crippen molar-refractivity contribution in [2.75, 3.05) is 31.6 Å². The lowest BCUT2D eigenvalue weighted by Gasteiger charge is -2.26. The quantitative estimate of drug-likeness (QED) is 0.910. The molecule has 1 N–H and O–H groups in total. The van der Waals surface area contributed by atoms with E-state index in [9.17, 15) is 9.59 Å². The summed E-state index contributed by atoms with van der Waals surface area (Å²) in [5.41, 5.74) is 1.81. The maximum atomic E-state index is 12.2. The number of hydrogen-bond donors (Lipinski definition) is 1. The van der Waals surface area contributed by atoms with Crippen LogP contribution in [0.3, 0.4) is 0 Å². The molecule has 0 saturated carbocycles. The van der Waals surface area contributed by atoms with Gasteiger partial charge in [-0.1, -0.05) is 12.1 Å². The van der Waals surface area contributed by atoms with Crippen molar-refractivity contribution in [2.45, 2.75) is 6.42 Å². The predicted octanol–water partition coefficient (Wildman–Crippen LogP) is 1.13. The molecule has 1 aromatic heterocycles. The van der Waals surface area contributed by atoms with Crippen LogP contribution in [-0.4, -0.2) is 53.0 Å². The SMILES string of the molecule is O=C(Nc1ccc(CC(=O)N2CCOCC2)cc1)c1cnccn1. The number of anilines is 1. The highest BCUT2D eigenvalue weighted by atomic mass is 16.5. The van der Waals surface area contributed by atoms with Crippen molar-refractivity contribution in [1.82, 2.24) is 14.9 Å². The van der Waals surface area contributed by atoms with E-state index in [1.807, 2.05) is 17.0 Å². The fraction of sp³-hybridized carbons (Fsp3) is 0.294. The van der Waals surface area contributed by atoms with Crippen molar-refractivity contribution in [2.24, 2.45) is 0 Å². The zero-order valence-corrected chi connectivity index (χ0v) is 13.1. The number of benzene rings is 1. The number of amides is 2. The Kier molecular flexibility index (Phi) is 5.12. The van der Waals surface area contributed by atoms with Gasteiger partial charge in [0.25, 0.3) is 5.91 Å². The molecule has 1 fully saturated rings. The molecule has 3 rings (SSSR count). The number of hydrogen-bond acceptors (Lipinski definition) is 5. The lowest BCUT2D eigenvalue weighted by Crippen LogP contribution is -2.41. The molecule has 7 nitrogen and oxygen atoms in total. The van der Waals surface area contributed by atoms with Crippen molar-refractivity contribution in [3.8, 4) is 0 Å². The number of carbonyl (C=O) groups excluding carboxylic acids is 2. The Morgan fingerprint density at radius 1 is 1.12 bits per heavy atom. The van der Waals surface area contributed by atoms with Gasteiger partial charge in [0.05, 0.1) is 25.8 Å². The molecule has 2 aromatic rings. The summed E-state index contributed by atoms with van der Waals surface area (Å²) in [6.45, 7) is 2.48. The molecular weight excluding hydrogens is 308 g/mol. The summed E-state index contributed by atoms with van der Waals surface area (Å²) in [7, 11) is 0. The van der Waals surface area contributed by atoms with Crippen molar-refractivity contribution < 1.29 is 14.3 Å². The maximum Gasteiger partial charge on any atom is 0.275 e. The molecule has 124 valence electrons. The smallest absolute Gasteiger partial charge is 0.275 e. The second kappa shape index (κ2) is 7.65. The molecule has 0 spiro atoms. The summed E-state index contributed by atoms with van der Waals surface area (Å²) in [6.07, 6.45) is 4.73. The average molecular weight is 326 g/mol. The number of aromatic nitrogens is 2. The third-order valence-corrected chi connectivity index (χ3v) is 3.73. The predicted molar refractivity (Wildman–Crippen MR) is 87.5 cm³/mol. The van der Waals surface area contributed by atoms with Gasteiger partial charge in [-0.05, 0) is 17.7 Å². The zero-order valence-electron chi connectivity index (χ0n) is 13.1. The van der Waals surface area contributed by atoms with Gasteiger partial charge in [-0.2, -0.15) is 0 Å². The van der Waals surface area contributed by atoms with Crippen molar-refractivity contribution >= 4 is 17.5 Å². The van der Waals surface area contributed by atoms with Gasteiger partial charge in [0.1, 0.15) is 5.69 Å². The molecule has 0 radical (unpaired) electrons. The van der Waals surface area contributed by atoms with Crippen LogP contribution in [0.4, 0.5) is 5.69 Å². The molecule has 1 aliphatic heterocycles. The van der Waals surface area contributed by atoms with Gasteiger partial charge in [0.2, 0.25) is 5.91 Å². The second-order valence-electron chi connectivity index (χ2n) is 5.41. The van der Waals surface area contributed by atoms with Crippen LogP contribution in [0.5, 0.6) is 0 Å². The van der Waals surface area contributed by atoms with Crippen LogP contribution in [0.25, 0.3) is 0 Å². The molecule has 0 aliphatic carbocycles. The van der Waals surface area contributed by atoms with Crippen LogP contribution in [0.15, 0.2) is 42.9 Å². The lowest BCUT2D eigenvalue weighted by molar-refractivity contribution is -0.134. The number of carbonyl (C=O) groups is 2. The van der Waals surface area contributed by atoms with Gasteiger partial charge in [0.15, 0.2) is 0 Å². The summed E-state index contributed by atoms with van der Waals surface area (Å²) in [6, 6.07) is 7.22. The Hall–Kier alpha value is -2.80. The van der Waals surface area contributed by atoms with Gasteiger partial charge in [-0.15, -0.1) is 0 Å². The van der Waals surface area contributed by atoms with E-state index < -0.39 is 0 Å². The Balaban J connectivity index is 1.57. The van der Waals surface area contributed by atoms with Crippen LogP contribution in [0, 0.1) is 0 Å². The molecule has 2 amide bonds. The number of ether oxygens (including phenoxy) is 1. The van der Waals surface area contributed by atoms with E-state index in [0.717, 1.165) is 5.56 Å². The Labute approximate surface area is 139 Å². The number of rotatable bonds is 4. The van der Waals surface area contributed by atoms with E-state index >= 15 is 0 Å². The largest absolute Gasteiger partial charge is 0.378 e. The van der Waals surface area contributed by atoms with E-state index in [4.69, 9.17) is 4.74 Å². The van der Waals surface area contributed by atoms with Crippen molar-refractivity contribution in [3.05, 3.63) is 54.1 Å². The van der Waals surface area contributed by atoms with Crippen LogP contribution in [0.2, 0.25) is 0 Å². The van der Waals surface area contributed by atoms with E-state index in [0.29, 0.717) is 38.4 Å². The molecule has 1 aromatic carbocycles. The molecule has 1 saturated heterocycles. The summed E-state index contributed by atoms with van der Waals surface area (Å²) in [5.74, 6) is -0.227. The lowest BCUT2D eigenvalue weighted by atomic mass is 10.1. The second-order valence-corrected chi connectivity index (χ2v) is 5.41. The fourth-order valence-electron chi connectivity index (χ4n) is 2.42. The summed E-state index contributed by atoms with van der Waals surface area (Å²) >= 11 is 0. The first-order valence-corrected chi connectivity index (χ1v) is 7.74. The van der Waals surface area contributed by atoms with Crippen LogP contribution in [-0.2, 0) is 16.0 Å². The van der Waals surface area contributed by atoms with E-state index in [1.54, 1.807) is 12.1 Å². The van der Waals surface area contributed by atoms with Gasteiger partial charge >= 0.3 is 0 Å². The molecule has 0 unspecified atom stereocenters. The Bertz CT molecular complexity index is 698. The van der Waals surface area contributed by atoms with Crippen molar-refractivity contribution in [3.63, 3.8) is 0 Å². The van der Waals surface area contributed by atoms with Gasteiger partial charge in [-0.25, -0.2) is 4.98 Å². The van der Waals surface area contributed by atoms with Gasteiger partial charge < -0.3 is 15.0 Å². The zero-order chi connectivity index (χ0) is 16.8. The monoisotopic (exact) mass is 326 g/mol. The molecule has 0 bridgehead atoms. The highest BCUT2D eigenvalue weighted by Crippen LogP contribution is 2.12. The topological polar surface area (TPSA) is 84.4 Å². The van der Waals surface area contributed by atoms with Crippen LogP contribution >= 0.6 is 0 Å². The molecular formula is C17H18N4O3. The average Bonchev–Trinajstić information content (AvgIpc) is 2.65. The highest BCUT2D eigenvalue weighted by Gasteiger charge is 2.17. The molecule has 7 heteroatoms. The normalized spacial score (nSPS) is 14.2. The van der Waals surface area contributed by atoms with Crippen LogP contribution < -0.4 is 5.32 Å². The first-order valence-electron chi connectivity index (χ1n) is 7.74. The third kappa shape index (κ3) is 4.14. The highest BCUT2D eigenvalue weighted by molar-refractivity contribution is 6.02. The van der Waals surface area contributed by atoms with Crippen molar-refractivity contribution in [1.29, 1.82) is 0 Å². The molecule has 1 aliphatic rings. The summed E-state index contributed by atoms with van der Waals surface area (Å²) in [4.78, 5) is 33.8. The summed E-state index contributed by atoms with van der Waals surface area (Å²) in [5, 5.41) is 2.75. The first-order chi connectivity index (χ1) is 11.7. The Morgan fingerprint density at radius 2 is 1.88 bits per heavy atom. The third-order valence-electron chi connectivity index (χ3n) is 3.73. The van der Waals surface area contributed by atoms with Gasteiger partial charge in [-0.3, -0.25) is 14.6 Å². The number of nitrogens with zero attached hydrogens (tertiary/aromatic N) is 3. The van der Waals surface area contributed by atoms with Gasteiger partial charge in [0, 0.05) is 31.2 Å². The van der Waals surface area contributed by atoms with E-state index in [2.05, 4.69) is 15.3 Å². The molecule has 2 heterocycles. The summed E-state index contributed by atoms with van der Waals surface area (Å²) < 4.78 is 5.25. The first kappa shape index (κ1) is 16.1. The minimum atomic E-state index is -0.319. The molecule has 0 atom stereocenters. The minimum absolute atomic E-state index is 0.0923. The maximum absolute atomic E-state index is 12.2. The minimum Gasteiger partial charge on any atom is -0.378 e. The Morgan fingerprint density at radius 3 is 2.54 bits per heavy atom. The van der Waals surface area contributed by atoms with E-state index in [1.165, 1.54) is 18.6 Å². The number of morpholine rings is 1. The number of nitrogens with one attached hydrogen (secondary N) is 1. The van der Waals surface area contributed by atoms with E-state index in [-0.39, 0.29) is 17.5 Å². The fourth-order valence-corrected chi connectivity index (χ4v) is 2.42. The standard InChI is InChI=1S/C17H18N4O3/c22-16(21-7-9-24-10-8-21)11-13-1-3-14(4-2-13)20-17(23)15-12-18-5-6-19-15/h1-6,12H,7-11H2,(H,20,23). The molecule has 24 heavy (non-hydrogen) atoms. The van der Waals surface area contributed by atoms with Crippen LogP contribution in [0.1, 0.15) is 16.1 Å².